The Morgan fingerprint density at radius 3 is 2.17 bits per heavy atom. The second-order valence-corrected chi connectivity index (χ2v) is 7.73. The largest absolute Gasteiger partial charge is 0.486 e. The Labute approximate surface area is 200 Å². The van der Waals surface area contributed by atoms with Crippen LogP contribution in [0.25, 0.3) is 10.8 Å². The number of fused-ring (bicyclic) bond motifs is 1. The van der Waals surface area contributed by atoms with Crippen molar-refractivity contribution in [1.82, 2.24) is 9.97 Å². The van der Waals surface area contributed by atoms with Gasteiger partial charge in [0, 0.05) is 12.0 Å². The van der Waals surface area contributed by atoms with Crippen molar-refractivity contribution in [1.29, 1.82) is 0 Å². The summed E-state index contributed by atoms with van der Waals surface area (Å²) in [7, 11) is 0. The van der Waals surface area contributed by atoms with Crippen LogP contribution in [0.2, 0.25) is 0 Å². The van der Waals surface area contributed by atoms with E-state index in [2.05, 4.69) is 21.8 Å². The van der Waals surface area contributed by atoms with Gasteiger partial charge >= 0.3 is 0 Å². The van der Waals surface area contributed by atoms with E-state index in [0.717, 1.165) is 12.1 Å². The standard InChI is InChI=1S/C28H20F4N2O/c1-2-3-10-35-22-16-33-28(34-17-22)9-6-19-12-24(29)23(25(30)13-19)8-5-18-4-7-20-14-26(31)27(32)15-21(20)11-18/h2-4,7,11-17H,6,9-10H2,1H3/b3-2+. The molecular weight excluding hydrogens is 456 g/mol. The van der Waals surface area contributed by atoms with Crippen molar-refractivity contribution < 1.29 is 22.3 Å². The first-order valence-corrected chi connectivity index (χ1v) is 10.9. The van der Waals surface area contributed by atoms with Gasteiger partial charge in [-0.25, -0.2) is 27.5 Å². The van der Waals surface area contributed by atoms with Crippen LogP contribution in [0.3, 0.4) is 0 Å². The Morgan fingerprint density at radius 1 is 0.800 bits per heavy atom. The lowest BCUT2D eigenvalue weighted by Gasteiger charge is -2.06. The summed E-state index contributed by atoms with van der Waals surface area (Å²) in [6, 6.07) is 9.29. The van der Waals surface area contributed by atoms with Gasteiger partial charge in [-0.05, 0) is 66.1 Å². The summed E-state index contributed by atoms with van der Waals surface area (Å²) in [6.45, 7) is 2.32. The summed E-state index contributed by atoms with van der Waals surface area (Å²) in [5.74, 6) is 2.77. The van der Waals surface area contributed by atoms with Crippen LogP contribution in [0.1, 0.15) is 29.4 Å². The smallest absolute Gasteiger partial charge is 0.159 e. The molecule has 35 heavy (non-hydrogen) atoms. The number of ether oxygens (including phenoxy) is 1. The van der Waals surface area contributed by atoms with Crippen LogP contribution in [-0.2, 0) is 12.8 Å². The van der Waals surface area contributed by atoms with E-state index in [0.29, 0.717) is 52.9 Å². The zero-order valence-corrected chi connectivity index (χ0v) is 18.8. The molecule has 0 bridgehead atoms. The summed E-state index contributed by atoms with van der Waals surface area (Å²) in [4.78, 5) is 8.43. The molecule has 7 heteroatoms. The second-order valence-electron chi connectivity index (χ2n) is 7.73. The fraction of sp³-hybridized carbons (Fsp3) is 0.143. The van der Waals surface area contributed by atoms with Gasteiger partial charge in [0.05, 0.1) is 18.0 Å². The van der Waals surface area contributed by atoms with Crippen molar-refractivity contribution in [2.45, 2.75) is 19.8 Å². The molecule has 0 saturated carbocycles. The minimum atomic E-state index is -0.977. The molecule has 0 atom stereocenters. The monoisotopic (exact) mass is 476 g/mol. The van der Waals surface area contributed by atoms with E-state index < -0.39 is 23.3 Å². The molecule has 0 radical (unpaired) electrons. The Balaban J connectivity index is 1.45. The van der Waals surface area contributed by atoms with Gasteiger partial charge < -0.3 is 4.74 Å². The highest BCUT2D eigenvalue weighted by Gasteiger charge is 2.11. The van der Waals surface area contributed by atoms with Gasteiger partial charge in [0.15, 0.2) is 17.4 Å². The van der Waals surface area contributed by atoms with Crippen LogP contribution in [0.5, 0.6) is 5.75 Å². The van der Waals surface area contributed by atoms with Crippen LogP contribution >= 0.6 is 0 Å². The summed E-state index contributed by atoms with van der Waals surface area (Å²) in [5, 5.41) is 0.933. The Bertz CT molecular complexity index is 1430. The van der Waals surface area contributed by atoms with Crippen LogP contribution < -0.4 is 4.74 Å². The first kappa shape index (κ1) is 24.0. The molecule has 0 fully saturated rings. The molecule has 0 aliphatic rings. The minimum absolute atomic E-state index is 0.340. The number of aromatic nitrogens is 2. The summed E-state index contributed by atoms with van der Waals surface area (Å²) in [6.07, 6.45) is 7.59. The molecule has 1 aromatic heterocycles. The first-order valence-electron chi connectivity index (χ1n) is 10.9. The van der Waals surface area contributed by atoms with Crippen molar-refractivity contribution >= 4 is 10.8 Å². The number of halogens is 4. The van der Waals surface area contributed by atoms with E-state index in [1.807, 2.05) is 19.1 Å². The van der Waals surface area contributed by atoms with Gasteiger partial charge in [0.25, 0.3) is 0 Å². The molecule has 3 nitrogen and oxygen atoms in total. The molecule has 0 spiro atoms. The number of aryl methyl sites for hydroxylation is 2. The minimum Gasteiger partial charge on any atom is -0.486 e. The fourth-order valence-electron chi connectivity index (χ4n) is 3.39. The van der Waals surface area contributed by atoms with Crippen molar-refractivity contribution in [2.24, 2.45) is 0 Å². The highest BCUT2D eigenvalue weighted by molar-refractivity contribution is 5.84. The van der Waals surface area contributed by atoms with Gasteiger partial charge in [0.1, 0.15) is 24.1 Å². The van der Waals surface area contributed by atoms with E-state index in [1.165, 1.54) is 18.2 Å². The third-order valence-corrected chi connectivity index (χ3v) is 5.21. The number of allylic oxidation sites excluding steroid dienone is 1. The lowest BCUT2D eigenvalue weighted by molar-refractivity contribution is 0.359. The predicted octanol–water partition coefficient (Wildman–Crippen LogP) is 6.33. The third kappa shape index (κ3) is 6.04. The lowest BCUT2D eigenvalue weighted by Crippen LogP contribution is -2.01. The van der Waals surface area contributed by atoms with E-state index in [1.54, 1.807) is 24.5 Å². The van der Waals surface area contributed by atoms with E-state index in [9.17, 15) is 17.6 Å². The van der Waals surface area contributed by atoms with Crippen LogP contribution in [0.4, 0.5) is 17.6 Å². The van der Waals surface area contributed by atoms with Crippen molar-refractivity contribution in [3.8, 4) is 17.6 Å². The molecule has 0 unspecified atom stereocenters. The molecule has 1 heterocycles. The maximum atomic E-state index is 14.6. The van der Waals surface area contributed by atoms with Crippen LogP contribution in [0.15, 0.2) is 67.0 Å². The van der Waals surface area contributed by atoms with Gasteiger partial charge in [-0.1, -0.05) is 30.1 Å². The molecule has 4 aromatic rings. The number of hydrogen-bond acceptors (Lipinski definition) is 3. The molecule has 0 aliphatic carbocycles. The molecule has 4 rings (SSSR count). The molecule has 0 aliphatic heterocycles. The topological polar surface area (TPSA) is 35.0 Å². The van der Waals surface area contributed by atoms with Crippen molar-refractivity contribution in [2.75, 3.05) is 6.61 Å². The average molecular weight is 476 g/mol. The maximum Gasteiger partial charge on any atom is 0.159 e. The van der Waals surface area contributed by atoms with Crippen molar-refractivity contribution in [3.05, 3.63) is 113 Å². The zero-order valence-electron chi connectivity index (χ0n) is 18.8. The van der Waals surface area contributed by atoms with Gasteiger partial charge in [-0.15, -0.1) is 0 Å². The Morgan fingerprint density at radius 2 is 1.49 bits per heavy atom. The van der Waals surface area contributed by atoms with Gasteiger partial charge in [-0.2, -0.15) is 0 Å². The Hall–Kier alpha value is -4.18. The summed E-state index contributed by atoms with van der Waals surface area (Å²) >= 11 is 0. The number of rotatable bonds is 6. The molecule has 3 aromatic carbocycles. The van der Waals surface area contributed by atoms with Crippen LogP contribution in [0, 0.1) is 35.1 Å². The number of benzene rings is 3. The molecule has 0 N–H and O–H groups in total. The second kappa shape index (κ2) is 10.8. The third-order valence-electron chi connectivity index (χ3n) is 5.21. The molecular formula is C28H20F4N2O. The van der Waals surface area contributed by atoms with Crippen molar-refractivity contribution in [3.63, 3.8) is 0 Å². The fourth-order valence-corrected chi connectivity index (χ4v) is 3.39. The summed E-state index contributed by atoms with van der Waals surface area (Å²) < 4.78 is 61.5. The van der Waals surface area contributed by atoms with E-state index in [-0.39, 0.29) is 5.56 Å². The predicted molar refractivity (Wildman–Crippen MR) is 126 cm³/mol. The summed E-state index contributed by atoms with van der Waals surface area (Å²) in [5.41, 5.74) is 0.505. The van der Waals surface area contributed by atoms with E-state index >= 15 is 0 Å². The Kier molecular flexibility index (Phi) is 7.41. The molecule has 0 amide bonds. The average Bonchev–Trinajstić information content (AvgIpc) is 2.84. The zero-order chi connectivity index (χ0) is 24.8. The molecule has 176 valence electrons. The van der Waals surface area contributed by atoms with Gasteiger partial charge in [0.2, 0.25) is 0 Å². The SMILES string of the molecule is C/C=C/COc1cnc(CCc2cc(F)c(C#Cc3ccc4cc(F)c(F)cc4c3)c(F)c2)nc1. The number of nitrogens with zero attached hydrogens (tertiary/aromatic N) is 2. The highest BCUT2D eigenvalue weighted by Crippen LogP contribution is 2.20. The van der Waals surface area contributed by atoms with Crippen LogP contribution in [-0.4, -0.2) is 16.6 Å². The quantitative estimate of drug-likeness (QED) is 0.185. The van der Waals surface area contributed by atoms with Gasteiger partial charge in [-0.3, -0.25) is 0 Å². The van der Waals surface area contributed by atoms with E-state index in [4.69, 9.17) is 4.74 Å². The molecule has 0 saturated heterocycles. The highest BCUT2D eigenvalue weighted by atomic mass is 19.2. The maximum absolute atomic E-state index is 14.6. The first-order chi connectivity index (χ1) is 16.9. The number of hydrogen-bond donors (Lipinski definition) is 0. The lowest BCUT2D eigenvalue weighted by atomic mass is 10.0. The normalized spacial score (nSPS) is 11.0.